The smallest absolute Gasteiger partial charge is 0.303 e. The number of carboxylic acid groups (broad SMARTS) is 1. The van der Waals surface area contributed by atoms with Gasteiger partial charge in [-0.2, -0.15) is 0 Å². The number of aliphatic carboxylic acids is 1. The third kappa shape index (κ3) is 3.60. The molecular weight excluding hydrogens is 252 g/mol. The van der Waals surface area contributed by atoms with Gasteiger partial charge in [-0.1, -0.05) is 42.5 Å². The third-order valence-electron chi connectivity index (χ3n) is 3.23. The highest BCUT2D eigenvalue weighted by Gasteiger charge is 2.05. The summed E-state index contributed by atoms with van der Waals surface area (Å²) in [7, 11) is 1.67. The largest absolute Gasteiger partial charge is 0.496 e. The number of hydrogen-bond acceptors (Lipinski definition) is 2. The van der Waals surface area contributed by atoms with Crippen LogP contribution >= 0.6 is 0 Å². The van der Waals surface area contributed by atoms with Crippen molar-refractivity contribution in [1.29, 1.82) is 0 Å². The molecule has 3 heteroatoms. The zero-order valence-corrected chi connectivity index (χ0v) is 11.5. The predicted octanol–water partition coefficient (Wildman–Crippen LogP) is 3.77. The van der Waals surface area contributed by atoms with Gasteiger partial charge in [0.25, 0.3) is 0 Å². The van der Waals surface area contributed by atoms with Crippen LogP contribution in [0.2, 0.25) is 0 Å². The first kappa shape index (κ1) is 14.1. The van der Waals surface area contributed by atoms with Gasteiger partial charge in [-0.05, 0) is 30.0 Å². The molecule has 0 unspecified atom stereocenters. The maximum absolute atomic E-state index is 10.5. The number of ether oxygens (including phenoxy) is 1. The molecule has 0 amide bonds. The van der Waals surface area contributed by atoms with E-state index < -0.39 is 5.97 Å². The second kappa shape index (κ2) is 6.75. The van der Waals surface area contributed by atoms with Crippen LogP contribution in [0.5, 0.6) is 5.75 Å². The number of methoxy groups -OCH3 is 1. The second-order valence-corrected chi connectivity index (χ2v) is 4.64. The average Bonchev–Trinajstić information content (AvgIpc) is 2.47. The van der Waals surface area contributed by atoms with Gasteiger partial charge in [-0.25, -0.2) is 0 Å². The van der Waals surface area contributed by atoms with Gasteiger partial charge < -0.3 is 9.84 Å². The molecule has 0 saturated carbocycles. The summed E-state index contributed by atoms with van der Waals surface area (Å²) < 4.78 is 5.36. The van der Waals surface area contributed by atoms with E-state index in [1.807, 2.05) is 48.5 Å². The van der Waals surface area contributed by atoms with Crippen molar-refractivity contribution in [2.24, 2.45) is 0 Å². The third-order valence-corrected chi connectivity index (χ3v) is 3.23. The van der Waals surface area contributed by atoms with Gasteiger partial charge in [0.2, 0.25) is 0 Å². The maximum atomic E-state index is 10.5. The molecule has 0 radical (unpaired) electrons. The van der Waals surface area contributed by atoms with E-state index in [2.05, 4.69) is 0 Å². The fourth-order valence-corrected chi connectivity index (χ4v) is 2.18. The van der Waals surface area contributed by atoms with E-state index in [0.29, 0.717) is 6.42 Å². The van der Waals surface area contributed by atoms with Crippen LogP contribution in [-0.2, 0) is 11.2 Å². The maximum Gasteiger partial charge on any atom is 0.303 e. The molecule has 20 heavy (non-hydrogen) atoms. The van der Waals surface area contributed by atoms with Crippen molar-refractivity contribution in [2.45, 2.75) is 19.3 Å². The Labute approximate surface area is 118 Å². The molecule has 0 aromatic heterocycles. The molecule has 2 rings (SSSR count). The van der Waals surface area contributed by atoms with E-state index >= 15 is 0 Å². The summed E-state index contributed by atoms with van der Waals surface area (Å²) >= 11 is 0. The van der Waals surface area contributed by atoms with Crippen molar-refractivity contribution in [3.05, 3.63) is 54.1 Å². The first-order valence-corrected chi connectivity index (χ1v) is 6.65. The number of benzene rings is 2. The van der Waals surface area contributed by atoms with Crippen LogP contribution in [0.25, 0.3) is 11.1 Å². The summed E-state index contributed by atoms with van der Waals surface area (Å²) in [5, 5.41) is 8.63. The first-order valence-electron chi connectivity index (χ1n) is 6.65. The molecular formula is C17H18O3. The van der Waals surface area contributed by atoms with E-state index in [-0.39, 0.29) is 6.42 Å². The molecule has 1 N–H and O–H groups in total. The molecule has 104 valence electrons. The van der Waals surface area contributed by atoms with Crippen LogP contribution in [-0.4, -0.2) is 18.2 Å². The highest BCUT2D eigenvalue weighted by atomic mass is 16.5. The summed E-state index contributed by atoms with van der Waals surface area (Å²) in [6.45, 7) is 0. The van der Waals surface area contributed by atoms with E-state index in [9.17, 15) is 4.79 Å². The fourth-order valence-electron chi connectivity index (χ4n) is 2.18. The molecule has 0 heterocycles. The Morgan fingerprint density at radius 2 is 1.80 bits per heavy atom. The SMILES string of the molecule is COc1ccccc1-c1ccc(CCCC(=O)O)cc1. The second-order valence-electron chi connectivity index (χ2n) is 4.64. The van der Waals surface area contributed by atoms with Crippen LogP contribution in [0.15, 0.2) is 48.5 Å². The van der Waals surface area contributed by atoms with Crippen molar-refractivity contribution in [1.82, 2.24) is 0 Å². The van der Waals surface area contributed by atoms with E-state index in [0.717, 1.165) is 28.9 Å². The molecule has 2 aromatic rings. The van der Waals surface area contributed by atoms with Gasteiger partial charge >= 0.3 is 5.97 Å². The number of aryl methyl sites for hydroxylation is 1. The fraction of sp³-hybridized carbons (Fsp3) is 0.235. The minimum absolute atomic E-state index is 0.217. The lowest BCUT2D eigenvalue weighted by Gasteiger charge is -2.09. The molecule has 0 spiro atoms. The lowest BCUT2D eigenvalue weighted by Crippen LogP contribution is -1.95. The number of carbonyl (C=O) groups is 1. The van der Waals surface area contributed by atoms with Crippen LogP contribution in [0.1, 0.15) is 18.4 Å². The lowest BCUT2D eigenvalue weighted by molar-refractivity contribution is -0.137. The highest BCUT2D eigenvalue weighted by Crippen LogP contribution is 2.29. The van der Waals surface area contributed by atoms with E-state index in [1.165, 1.54) is 0 Å². The summed E-state index contributed by atoms with van der Waals surface area (Å²) in [6.07, 6.45) is 1.68. The molecule has 2 aromatic carbocycles. The van der Waals surface area contributed by atoms with Crippen molar-refractivity contribution in [2.75, 3.05) is 7.11 Å². The Kier molecular flexibility index (Phi) is 4.77. The topological polar surface area (TPSA) is 46.5 Å². The Balaban J connectivity index is 2.09. The van der Waals surface area contributed by atoms with E-state index in [1.54, 1.807) is 7.11 Å². The van der Waals surface area contributed by atoms with Gasteiger partial charge in [0, 0.05) is 12.0 Å². The number of carboxylic acids is 1. The van der Waals surface area contributed by atoms with Gasteiger partial charge in [-0.15, -0.1) is 0 Å². The zero-order valence-electron chi connectivity index (χ0n) is 11.5. The highest BCUT2D eigenvalue weighted by molar-refractivity contribution is 5.70. The van der Waals surface area contributed by atoms with Crippen LogP contribution in [0.3, 0.4) is 0 Å². The monoisotopic (exact) mass is 270 g/mol. The standard InChI is InChI=1S/C17H18O3/c1-20-16-7-3-2-6-15(16)14-11-9-13(10-12-14)5-4-8-17(18)19/h2-3,6-7,9-12H,4-5,8H2,1H3,(H,18,19). The molecule has 0 atom stereocenters. The number of hydrogen-bond donors (Lipinski definition) is 1. The molecule has 0 aliphatic rings. The molecule has 0 bridgehead atoms. The Morgan fingerprint density at radius 3 is 2.45 bits per heavy atom. The summed E-state index contributed by atoms with van der Waals surface area (Å²) in [6, 6.07) is 16.1. The summed E-state index contributed by atoms with van der Waals surface area (Å²) in [5.41, 5.74) is 3.32. The number of rotatable bonds is 6. The van der Waals surface area contributed by atoms with Crippen LogP contribution < -0.4 is 4.74 Å². The summed E-state index contributed by atoms with van der Waals surface area (Å²) in [5.74, 6) is 0.113. The van der Waals surface area contributed by atoms with Gasteiger partial charge in [0.1, 0.15) is 5.75 Å². The molecule has 0 fully saturated rings. The van der Waals surface area contributed by atoms with Crippen LogP contribution in [0, 0.1) is 0 Å². The lowest BCUT2D eigenvalue weighted by atomic mass is 10.0. The molecule has 0 saturated heterocycles. The van der Waals surface area contributed by atoms with E-state index in [4.69, 9.17) is 9.84 Å². The predicted molar refractivity (Wildman–Crippen MR) is 79.0 cm³/mol. The van der Waals surface area contributed by atoms with Crippen molar-refractivity contribution < 1.29 is 14.6 Å². The van der Waals surface area contributed by atoms with Gasteiger partial charge in [0.15, 0.2) is 0 Å². The quantitative estimate of drug-likeness (QED) is 0.869. The Hall–Kier alpha value is -2.29. The Morgan fingerprint density at radius 1 is 1.10 bits per heavy atom. The van der Waals surface area contributed by atoms with Crippen molar-refractivity contribution in [3.8, 4) is 16.9 Å². The molecule has 0 aliphatic carbocycles. The Bertz CT molecular complexity index is 573. The summed E-state index contributed by atoms with van der Waals surface area (Å²) in [4.78, 5) is 10.5. The molecule has 3 nitrogen and oxygen atoms in total. The van der Waals surface area contributed by atoms with Crippen molar-refractivity contribution >= 4 is 5.97 Å². The minimum atomic E-state index is -0.740. The molecule has 0 aliphatic heterocycles. The van der Waals surface area contributed by atoms with Gasteiger partial charge in [0.05, 0.1) is 7.11 Å². The average molecular weight is 270 g/mol. The number of para-hydroxylation sites is 1. The van der Waals surface area contributed by atoms with Crippen molar-refractivity contribution in [3.63, 3.8) is 0 Å². The first-order chi connectivity index (χ1) is 9.70. The van der Waals surface area contributed by atoms with Gasteiger partial charge in [-0.3, -0.25) is 4.79 Å². The van der Waals surface area contributed by atoms with Crippen LogP contribution in [0.4, 0.5) is 0 Å². The normalized spacial score (nSPS) is 10.2. The minimum Gasteiger partial charge on any atom is -0.496 e. The zero-order chi connectivity index (χ0) is 14.4.